The van der Waals surface area contributed by atoms with Crippen molar-refractivity contribution in [3.05, 3.63) is 93.9 Å². The minimum atomic E-state index is -0.510. The molecule has 0 spiro atoms. The van der Waals surface area contributed by atoms with Crippen LogP contribution in [0.15, 0.2) is 71.5 Å². The average molecular weight is 455 g/mol. The van der Waals surface area contributed by atoms with Gasteiger partial charge in [0.2, 0.25) is 11.9 Å². The SMILES string of the molecule is Cc1nc(N2CCN(Cc3ccccc3)CC2)nc2c1ccc(=O)n2-c1ccc(C(N)=O)cc1. The van der Waals surface area contributed by atoms with E-state index in [4.69, 9.17) is 15.7 Å². The van der Waals surface area contributed by atoms with E-state index in [-0.39, 0.29) is 5.56 Å². The Labute approximate surface area is 197 Å². The number of piperazine rings is 1. The fraction of sp³-hybridized carbons (Fsp3) is 0.231. The summed E-state index contributed by atoms with van der Waals surface area (Å²) in [5.41, 5.74) is 8.84. The van der Waals surface area contributed by atoms with Gasteiger partial charge in [-0.3, -0.25) is 19.1 Å². The smallest absolute Gasteiger partial charge is 0.256 e. The number of carbonyl (C=O) groups is 1. The van der Waals surface area contributed by atoms with Gasteiger partial charge in [-0.25, -0.2) is 4.98 Å². The molecule has 1 aliphatic rings. The molecule has 0 aliphatic carbocycles. The summed E-state index contributed by atoms with van der Waals surface area (Å²) in [7, 11) is 0. The van der Waals surface area contributed by atoms with Gasteiger partial charge in [0.15, 0.2) is 5.65 Å². The van der Waals surface area contributed by atoms with Crippen LogP contribution in [0.25, 0.3) is 16.7 Å². The molecule has 2 N–H and O–H groups in total. The summed E-state index contributed by atoms with van der Waals surface area (Å²) in [6.07, 6.45) is 0. The Balaban J connectivity index is 1.45. The monoisotopic (exact) mass is 454 g/mol. The Bertz CT molecular complexity index is 1390. The highest BCUT2D eigenvalue weighted by atomic mass is 16.1. The lowest BCUT2D eigenvalue weighted by Crippen LogP contribution is -2.46. The maximum atomic E-state index is 12.9. The van der Waals surface area contributed by atoms with E-state index in [2.05, 4.69) is 34.1 Å². The Hall–Kier alpha value is -4.04. The zero-order chi connectivity index (χ0) is 23.7. The van der Waals surface area contributed by atoms with E-state index in [9.17, 15) is 9.59 Å². The molecule has 0 atom stereocenters. The van der Waals surface area contributed by atoms with Crippen LogP contribution >= 0.6 is 0 Å². The maximum absolute atomic E-state index is 12.9. The lowest BCUT2D eigenvalue weighted by molar-refractivity contribution is 0.100. The van der Waals surface area contributed by atoms with Crippen molar-refractivity contribution in [3.63, 3.8) is 0 Å². The van der Waals surface area contributed by atoms with E-state index in [1.54, 1.807) is 34.9 Å². The Morgan fingerprint density at radius 1 is 0.912 bits per heavy atom. The highest BCUT2D eigenvalue weighted by molar-refractivity contribution is 5.93. The molecule has 8 heteroatoms. The molecular weight excluding hydrogens is 428 g/mol. The molecule has 1 amide bonds. The van der Waals surface area contributed by atoms with Gasteiger partial charge in [0.25, 0.3) is 5.56 Å². The largest absolute Gasteiger partial charge is 0.366 e. The molecule has 5 rings (SSSR count). The summed E-state index contributed by atoms with van der Waals surface area (Å²) in [5, 5.41) is 0.810. The number of nitrogens with two attached hydrogens (primary N) is 1. The number of benzene rings is 2. The minimum Gasteiger partial charge on any atom is -0.366 e. The topological polar surface area (TPSA) is 97.3 Å². The summed E-state index contributed by atoms with van der Waals surface area (Å²) >= 11 is 0. The van der Waals surface area contributed by atoms with Gasteiger partial charge in [0.05, 0.1) is 11.4 Å². The minimum absolute atomic E-state index is 0.198. The number of aromatic nitrogens is 3. The highest BCUT2D eigenvalue weighted by Crippen LogP contribution is 2.22. The van der Waals surface area contributed by atoms with Crippen LogP contribution in [-0.4, -0.2) is 51.5 Å². The van der Waals surface area contributed by atoms with Crippen LogP contribution in [0.2, 0.25) is 0 Å². The van der Waals surface area contributed by atoms with E-state index in [1.165, 1.54) is 11.6 Å². The molecule has 34 heavy (non-hydrogen) atoms. The Morgan fingerprint density at radius 2 is 1.62 bits per heavy atom. The lowest BCUT2D eigenvalue weighted by Gasteiger charge is -2.35. The van der Waals surface area contributed by atoms with Gasteiger partial charge in [0.1, 0.15) is 0 Å². The summed E-state index contributed by atoms with van der Waals surface area (Å²) in [6.45, 7) is 6.29. The van der Waals surface area contributed by atoms with Crippen molar-refractivity contribution in [3.8, 4) is 5.69 Å². The van der Waals surface area contributed by atoms with Crippen molar-refractivity contribution in [2.75, 3.05) is 31.1 Å². The van der Waals surface area contributed by atoms with Crippen LogP contribution in [0.4, 0.5) is 5.95 Å². The van der Waals surface area contributed by atoms with Crippen molar-refractivity contribution in [1.82, 2.24) is 19.4 Å². The van der Waals surface area contributed by atoms with E-state index in [0.717, 1.165) is 43.8 Å². The molecule has 3 heterocycles. The summed E-state index contributed by atoms with van der Waals surface area (Å²) in [6, 6.07) is 20.4. The zero-order valence-electron chi connectivity index (χ0n) is 19.0. The second kappa shape index (κ2) is 9.07. The van der Waals surface area contributed by atoms with Gasteiger partial charge < -0.3 is 10.6 Å². The van der Waals surface area contributed by atoms with E-state index < -0.39 is 5.91 Å². The van der Waals surface area contributed by atoms with Crippen molar-refractivity contribution in [2.45, 2.75) is 13.5 Å². The van der Waals surface area contributed by atoms with E-state index >= 15 is 0 Å². The number of carbonyl (C=O) groups excluding carboxylic acids is 1. The van der Waals surface area contributed by atoms with Crippen LogP contribution < -0.4 is 16.2 Å². The fourth-order valence-corrected chi connectivity index (χ4v) is 4.36. The normalized spacial score (nSPS) is 14.4. The first kappa shape index (κ1) is 21.8. The van der Waals surface area contributed by atoms with Gasteiger partial charge in [-0.05, 0) is 42.8 Å². The van der Waals surface area contributed by atoms with E-state index in [0.29, 0.717) is 22.8 Å². The molecule has 8 nitrogen and oxygen atoms in total. The van der Waals surface area contributed by atoms with Crippen molar-refractivity contribution < 1.29 is 4.79 Å². The van der Waals surface area contributed by atoms with Gasteiger partial charge in [-0.1, -0.05) is 30.3 Å². The van der Waals surface area contributed by atoms with Gasteiger partial charge >= 0.3 is 0 Å². The third-order valence-corrected chi connectivity index (χ3v) is 6.24. The molecule has 172 valence electrons. The maximum Gasteiger partial charge on any atom is 0.256 e. The van der Waals surface area contributed by atoms with Crippen molar-refractivity contribution in [2.24, 2.45) is 5.73 Å². The average Bonchev–Trinajstić information content (AvgIpc) is 2.85. The number of hydrogen-bond acceptors (Lipinski definition) is 6. The molecule has 4 aromatic rings. The first-order chi connectivity index (χ1) is 16.5. The van der Waals surface area contributed by atoms with Crippen LogP contribution in [0.5, 0.6) is 0 Å². The number of primary amides is 1. The van der Waals surface area contributed by atoms with Gasteiger partial charge in [-0.2, -0.15) is 4.98 Å². The Morgan fingerprint density at radius 3 is 2.29 bits per heavy atom. The summed E-state index contributed by atoms with van der Waals surface area (Å²) in [4.78, 5) is 38.5. The molecule has 0 unspecified atom stereocenters. The number of anilines is 1. The number of nitrogens with zero attached hydrogens (tertiary/aromatic N) is 5. The number of hydrogen-bond donors (Lipinski definition) is 1. The molecule has 0 radical (unpaired) electrons. The fourth-order valence-electron chi connectivity index (χ4n) is 4.36. The molecule has 1 saturated heterocycles. The van der Waals surface area contributed by atoms with Gasteiger partial charge in [0, 0.05) is 49.7 Å². The molecule has 1 aliphatic heterocycles. The second-order valence-electron chi connectivity index (χ2n) is 8.51. The predicted octanol–water partition coefficient (Wildman–Crippen LogP) is 2.51. The summed E-state index contributed by atoms with van der Waals surface area (Å²) in [5.74, 6) is 0.112. The standard InChI is InChI=1S/C26H26N6O2/c1-18-22-11-12-23(33)32(21-9-7-20(8-10-21)24(27)34)25(22)29-26(28-18)31-15-13-30(14-16-31)17-19-5-3-2-4-6-19/h2-12H,13-17H2,1H3,(H2,27,34). The molecule has 2 aromatic carbocycles. The molecule has 0 saturated carbocycles. The highest BCUT2D eigenvalue weighted by Gasteiger charge is 2.21. The van der Waals surface area contributed by atoms with Gasteiger partial charge in [-0.15, -0.1) is 0 Å². The van der Waals surface area contributed by atoms with E-state index in [1.807, 2.05) is 13.0 Å². The second-order valence-corrected chi connectivity index (χ2v) is 8.51. The van der Waals surface area contributed by atoms with Crippen LogP contribution in [0, 0.1) is 6.92 Å². The number of rotatable bonds is 5. The first-order valence-electron chi connectivity index (χ1n) is 11.3. The van der Waals surface area contributed by atoms with Crippen LogP contribution in [0.1, 0.15) is 21.6 Å². The molecule has 2 aromatic heterocycles. The lowest BCUT2D eigenvalue weighted by atomic mass is 10.2. The number of amides is 1. The quantitative estimate of drug-likeness (QED) is 0.498. The van der Waals surface area contributed by atoms with Crippen LogP contribution in [-0.2, 0) is 6.54 Å². The molecule has 0 bridgehead atoms. The summed E-state index contributed by atoms with van der Waals surface area (Å²) < 4.78 is 1.56. The molecular formula is C26H26N6O2. The number of fused-ring (bicyclic) bond motifs is 1. The van der Waals surface area contributed by atoms with Crippen molar-refractivity contribution in [1.29, 1.82) is 0 Å². The predicted molar refractivity (Wildman–Crippen MR) is 132 cm³/mol. The molecule has 1 fully saturated rings. The first-order valence-corrected chi connectivity index (χ1v) is 11.3. The van der Waals surface area contributed by atoms with Crippen molar-refractivity contribution >= 4 is 22.9 Å². The third kappa shape index (κ3) is 4.27. The zero-order valence-corrected chi connectivity index (χ0v) is 19.0. The number of pyridine rings is 1. The van der Waals surface area contributed by atoms with Crippen LogP contribution in [0.3, 0.4) is 0 Å². The Kier molecular flexibility index (Phi) is 5.81. The third-order valence-electron chi connectivity index (χ3n) is 6.24. The number of aryl methyl sites for hydroxylation is 1.